The Morgan fingerprint density at radius 1 is 0.553 bits per heavy atom. The topological polar surface area (TPSA) is 73.8 Å². The predicted molar refractivity (Wildman–Crippen MR) is 140 cm³/mol. The highest BCUT2D eigenvalue weighted by Crippen LogP contribution is 2.29. The average molecular weight is 523 g/mol. The molecule has 0 aromatic heterocycles. The van der Waals surface area contributed by atoms with Crippen molar-refractivity contribution < 1.29 is 37.9 Å². The summed E-state index contributed by atoms with van der Waals surface area (Å²) in [6, 6.07) is 23.1. The van der Waals surface area contributed by atoms with Gasteiger partial charge in [-0.2, -0.15) is 0 Å². The maximum Gasteiger partial charge on any atom is 0.187 e. The molecule has 38 heavy (non-hydrogen) atoms. The molecule has 0 aliphatic carbocycles. The van der Waals surface area contributed by atoms with E-state index in [1.54, 1.807) is 28.4 Å². The number of benzene rings is 3. The highest BCUT2D eigenvalue weighted by molar-refractivity contribution is 5.28. The maximum absolute atomic E-state index is 6.40. The smallest absolute Gasteiger partial charge is 0.187 e. The zero-order chi connectivity index (χ0) is 26.7. The van der Waals surface area contributed by atoms with Crippen molar-refractivity contribution in [1.82, 2.24) is 0 Å². The van der Waals surface area contributed by atoms with Gasteiger partial charge in [-0.3, -0.25) is 0 Å². The predicted octanol–water partition coefficient (Wildman–Crippen LogP) is 4.81. The van der Waals surface area contributed by atoms with Crippen LogP contribution in [0.2, 0.25) is 0 Å². The van der Waals surface area contributed by atoms with Crippen LogP contribution in [0, 0.1) is 6.61 Å². The van der Waals surface area contributed by atoms with E-state index in [4.69, 9.17) is 37.9 Å². The van der Waals surface area contributed by atoms with Gasteiger partial charge in [0.1, 0.15) is 35.6 Å². The molecular weight excluding hydrogens is 488 g/mol. The molecule has 3 aromatic rings. The van der Waals surface area contributed by atoms with Crippen molar-refractivity contribution in [3.05, 3.63) is 96.1 Å². The van der Waals surface area contributed by atoms with Gasteiger partial charge in [0.15, 0.2) is 12.9 Å². The molecule has 3 aromatic carbocycles. The third-order valence-corrected chi connectivity index (χ3v) is 6.21. The molecule has 0 amide bonds. The Labute approximate surface area is 224 Å². The van der Waals surface area contributed by atoms with Crippen molar-refractivity contribution in [2.45, 2.75) is 44.4 Å². The van der Waals surface area contributed by atoms with Crippen LogP contribution in [-0.4, -0.2) is 53.0 Å². The Morgan fingerprint density at radius 3 is 1.34 bits per heavy atom. The first-order valence-electron chi connectivity index (χ1n) is 12.3. The second-order valence-corrected chi connectivity index (χ2v) is 8.67. The van der Waals surface area contributed by atoms with Gasteiger partial charge in [0.05, 0.1) is 41.2 Å². The van der Waals surface area contributed by atoms with E-state index in [2.05, 4.69) is 6.61 Å². The Kier molecular flexibility index (Phi) is 10.4. The minimum Gasteiger partial charge on any atom is -0.497 e. The fourth-order valence-corrected chi connectivity index (χ4v) is 4.00. The van der Waals surface area contributed by atoms with E-state index in [0.717, 1.165) is 33.9 Å². The van der Waals surface area contributed by atoms with Crippen LogP contribution in [0.4, 0.5) is 0 Å². The van der Waals surface area contributed by atoms with Crippen LogP contribution in [0.25, 0.3) is 0 Å². The third-order valence-electron chi connectivity index (χ3n) is 6.21. The van der Waals surface area contributed by atoms with Gasteiger partial charge in [-0.1, -0.05) is 36.4 Å². The molecule has 1 aliphatic rings. The van der Waals surface area contributed by atoms with Gasteiger partial charge >= 0.3 is 0 Å². The summed E-state index contributed by atoms with van der Waals surface area (Å²) >= 11 is 0. The lowest BCUT2D eigenvalue weighted by molar-refractivity contribution is -0.274. The van der Waals surface area contributed by atoms with E-state index in [0.29, 0.717) is 19.8 Å². The zero-order valence-corrected chi connectivity index (χ0v) is 22.1. The first-order valence-corrected chi connectivity index (χ1v) is 12.3. The highest BCUT2D eigenvalue weighted by atomic mass is 16.7. The molecule has 4 unspecified atom stereocenters. The van der Waals surface area contributed by atoms with Crippen molar-refractivity contribution in [3.63, 3.8) is 0 Å². The first kappa shape index (κ1) is 27.9. The molecule has 0 spiro atoms. The lowest BCUT2D eigenvalue weighted by Crippen LogP contribution is -2.54. The summed E-state index contributed by atoms with van der Waals surface area (Å²) in [6.07, 6.45) is -2.47. The van der Waals surface area contributed by atoms with Crippen LogP contribution >= 0.6 is 0 Å². The summed E-state index contributed by atoms with van der Waals surface area (Å²) in [5.41, 5.74) is 2.93. The van der Waals surface area contributed by atoms with Gasteiger partial charge < -0.3 is 37.9 Å². The van der Waals surface area contributed by atoms with E-state index in [9.17, 15) is 0 Å². The number of methoxy groups -OCH3 is 4. The summed E-state index contributed by atoms with van der Waals surface area (Å²) < 4.78 is 46.0. The summed E-state index contributed by atoms with van der Waals surface area (Å²) in [4.78, 5) is 0. The SMILES string of the molecule is COc1ccc(COC2[C]OC(OC)C(OCc3ccc(OC)cc3)C2OCc2ccc(OC)cc2)cc1. The van der Waals surface area contributed by atoms with Crippen molar-refractivity contribution >= 4 is 0 Å². The standard InChI is InChI=1S/C30H34O8/c1-31-24-11-5-21(6-12-24)17-35-27-20-38-30(34-4)29(37-19-23-9-15-26(33-3)16-10-23)28(27)36-18-22-7-13-25(32-2)14-8-22/h5-16,27-30H,17-19H2,1-4H3. The first-order chi connectivity index (χ1) is 18.6. The molecule has 8 nitrogen and oxygen atoms in total. The molecule has 1 saturated heterocycles. The van der Waals surface area contributed by atoms with Crippen molar-refractivity contribution in [2.75, 3.05) is 28.4 Å². The molecule has 1 heterocycles. The summed E-state index contributed by atoms with van der Waals surface area (Å²) in [7, 11) is 6.48. The minimum atomic E-state index is -0.713. The summed E-state index contributed by atoms with van der Waals surface area (Å²) in [5, 5.41) is 0. The highest BCUT2D eigenvalue weighted by Gasteiger charge is 2.44. The Bertz CT molecular complexity index is 1080. The van der Waals surface area contributed by atoms with E-state index in [-0.39, 0.29) is 0 Å². The Hall–Kier alpha value is -3.14. The Morgan fingerprint density at radius 2 is 0.947 bits per heavy atom. The summed E-state index contributed by atoms with van der Waals surface area (Å²) in [5.74, 6) is 2.34. The Balaban J connectivity index is 1.49. The molecule has 0 saturated carbocycles. The largest absolute Gasteiger partial charge is 0.497 e. The molecule has 4 atom stereocenters. The van der Waals surface area contributed by atoms with Gasteiger partial charge in [0.2, 0.25) is 0 Å². The van der Waals surface area contributed by atoms with Crippen LogP contribution in [0.1, 0.15) is 16.7 Å². The fraction of sp³-hybridized carbons (Fsp3) is 0.367. The minimum absolute atomic E-state index is 0.325. The lowest BCUT2D eigenvalue weighted by Gasteiger charge is -2.40. The van der Waals surface area contributed by atoms with Gasteiger partial charge in [-0.15, -0.1) is 0 Å². The van der Waals surface area contributed by atoms with E-state index in [1.165, 1.54) is 0 Å². The molecule has 1 fully saturated rings. The van der Waals surface area contributed by atoms with Crippen molar-refractivity contribution in [2.24, 2.45) is 0 Å². The molecular formula is C30H34O8. The van der Waals surface area contributed by atoms with Gasteiger partial charge in [0.25, 0.3) is 0 Å². The van der Waals surface area contributed by atoms with Crippen LogP contribution in [-0.2, 0) is 43.5 Å². The van der Waals surface area contributed by atoms with E-state index >= 15 is 0 Å². The van der Waals surface area contributed by atoms with Gasteiger partial charge in [-0.05, 0) is 53.1 Å². The fourth-order valence-electron chi connectivity index (χ4n) is 4.00. The molecule has 0 N–H and O–H groups in total. The van der Waals surface area contributed by atoms with E-state index in [1.807, 2.05) is 72.8 Å². The average Bonchev–Trinajstić information content (AvgIpc) is 2.98. The molecule has 0 bridgehead atoms. The van der Waals surface area contributed by atoms with Crippen LogP contribution in [0.3, 0.4) is 0 Å². The van der Waals surface area contributed by atoms with Crippen molar-refractivity contribution in [3.8, 4) is 17.2 Å². The van der Waals surface area contributed by atoms with Crippen LogP contribution in [0.15, 0.2) is 72.8 Å². The molecule has 4 rings (SSSR count). The van der Waals surface area contributed by atoms with Crippen LogP contribution < -0.4 is 14.2 Å². The number of hydrogen-bond donors (Lipinski definition) is 0. The van der Waals surface area contributed by atoms with Crippen molar-refractivity contribution in [1.29, 1.82) is 0 Å². The molecule has 8 heteroatoms. The summed E-state index contributed by atoms with van der Waals surface area (Å²) in [6.45, 7) is 3.93. The quantitative estimate of drug-likeness (QED) is 0.317. The second-order valence-electron chi connectivity index (χ2n) is 8.67. The maximum atomic E-state index is 6.40. The monoisotopic (exact) mass is 522 g/mol. The molecule has 2 radical (unpaired) electrons. The normalized spacial score (nSPS) is 21.2. The van der Waals surface area contributed by atoms with Crippen LogP contribution in [0.5, 0.6) is 17.2 Å². The number of hydrogen-bond acceptors (Lipinski definition) is 8. The third kappa shape index (κ3) is 7.46. The van der Waals surface area contributed by atoms with E-state index < -0.39 is 24.6 Å². The zero-order valence-electron chi connectivity index (χ0n) is 22.1. The van der Waals surface area contributed by atoms with Gasteiger partial charge in [0, 0.05) is 7.11 Å². The van der Waals surface area contributed by atoms with Gasteiger partial charge in [-0.25, -0.2) is 0 Å². The molecule has 202 valence electrons. The number of ether oxygens (including phenoxy) is 8. The lowest BCUT2D eigenvalue weighted by atomic mass is 10.0. The number of rotatable bonds is 13. The molecule has 1 aliphatic heterocycles. The second kappa shape index (κ2) is 14.1.